The molecule has 1 saturated heterocycles. The number of nitrogens with zero attached hydrogens (tertiary/aromatic N) is 1. The molecule has 30 heavy (non-hydrogen) atoms. The number of carbonyl (C=O) groups is 3. The van der Waals surface area contributed by atoms with Crippen molar-refractivity contribution in [2.45, 2.75) is 59.0 Å². The Hall–Kier alpha value is -2.57. The molecule has 2 unspecified atom stereocenters. The van der Waals surface area contributed by atoms with E-state index >= 15 is 0 Å². The van der Waals surface area contributed by atoms with E-state index in [0.29, 0.717) is 31.8 Å². The minimum absolute atomic E-state index is 0.0148. The van der Waals surface area contributed by atoms with E-state index in [9.17, 15) is 14.4 Å². The number of benzene rings is 1. The molecule has 0 saturated carbocycles. The smallest absolute Gasteiger partial charge is 0.224 e. The zero-order valence-electron chi connectivity index (χ0n) is 18.7. The second kappa shape index (κ2) is 11.0. The van der Waals surface area contributed by atoms with Crippen molar-refractivity contribution < 1.29 is 19.1 Å². The fourth-order valence-corrected chi connectivity index (χ4v) is 3.54. The molecule has 1 fully saturated rings. The number of nitrogens with one attached hydrogen (secondary N) is 2. The summed E-state index contributed by atoms with van der Waals surface area (Å²) >= 11 is 0. The van der Waals surface area contributed by atoms with Gasteiger partial charge in [0.1, 0.15) is 5.75 Å². The average Bonchev–Trinajstić information content (AvgIpc) is 2.72. The number of carbonyl (C=O) groups excluding carboxylic acids is 3. The van der Waals surface area contributed by atoms with Crippen molar-refractivity contribution in [1.82, 2.24) is 15.5 Å². The fourth-order valence-electron chi connectivity index (χ4n) is 3.54. The van der Waals surface area contributed by atoms with Crippen LogP contribution in [0.3, 0.4) is 0 Å². The fraction of sp³-hybridized carbons (Fsp3) is 0.609. The Labute approximate surface area is 179 Å². The highest BCUT2D eigenvalue weighted by atomic mass is 16.5. The topological polar surface area (TPSA) is 87.7 Å². The Kier molecular flexibility index (Phi) is 8.69. The van der Waals surface area contributed by atoms with Crippen LogP contribution in [0.4, 0.5) is 0 Å². The molecule has 1 aliphatic heterocycles. The third-order valence-electron chi connectivity index (χ3n) is 5.86. The summed E-state index contributed by atoms with van der Waals surface area (Å²) in [6.07, 6.45) is 1.51. The molecule has 0 bridgehead atoms. The van der Waals surface area contributed by atoms with Gasteiger partial charge in [-0.15, -0.1) is 0 Å². The number of ether oxygens (including phenoxy) is 1. The van der Waals surface area contributed by atoms with Gasteiger partial charge in [0, 0.05) is 32.0 Å². The Bertz CT molecular complexity index is 724. The molecule has 0 aliphatic carbocycles. The zero-order valence-corrected chi connectivity index (χ0v) is 18.7. The van der Waals surface area contributed by atoms with Crippen molar-refractivity contribution in [3.8, 4) is 5.75 Å². The minimum atomic E-state index is -0.395. The lowest BCUT2D eigenvalue weighted by Crippen LogP contribution is -2.46. The summed E-state index contributed by atoms with van der Waals surface area (Å²) < 4.78 is 5.18. The van der Waals surface area contributed by atoms with Crippen LogP contribution in [-0.4, -0.2) is 48.9 Å². The lowest BCUT2D eigenvalue weighted by Gasteiger charge is -2.33. The summed E-state index contributed by atoms with van der Waals surface area (Å²) in [5.74, 6) is 0.941. The number of hydrogen-bond donors (Lipinski definition) is 2. The van der Waals surface area contributed by atoms with Crippen molar-refractivity contribution in [2.75, 3.05) is 20.2 Å². The number of likely N-dealkylation sites (tertiary alicyclic amines) is 1. The molecule has 2 N–H and O–H groups in total. The molecule has 2 atom stereocenters. The molecular formula is C23H35N3O4. The van der Waals surface area contributed by atoms with Crippen LogP contribution in [0.2, 0.25) is 0 Å². The molecular weight excluding hydrogens is 382 g/mol. The Balaban J connectivity index is 1.93. The van der Waals surface area contributed by atoms with E-state index in [1.54, 1.807) is 12.0 Å². The van der Waals surface area contributed by atoms with Crippen molar-refractivity contribution in [2.24, 2.45) is 11.8 Å². The Morgan fingerprint density at radius 2 is 1.67 bits per heavy atom. The first-order valence-electron chi connectivity index (χ1n) is 10.7. The van der Waals surface area contributed by atoms with E-state index in [1.807, 2.05) is 31.2 Å². The zero-order chi connectivity index (χ0) is 22.3. The SMILES string of the molecule is COc1ccc(C(CC(=O)N2CCC(C(=O)NC(C)C(C)C)CC2)NC(C)=O)cc1. The molecule has 2 rings (SSSR count). The number of piperidine rings is 1. The first kappa shape index (κ1) is 23.7. The van der Waals surface area contributed by atoms with E-state index in [1.165, 1.54) is 6.92 Å². The summed E-state index contributed by atoms with van der Waals surface area (Å²) in [6, 6.07) is 7.10. The van der Waals surface area contributed by atoms with Crippen LogP contribution in [0.5, 0.6) is 5.75 Å². The Morgan fingerprint density at radius 3 is 2.17 bits per heavy atom. The van der Waals surface area contributed by atoms with E-state index in [-0.39, 0.29) is 36.1 Å². The van der Waals surface area contributed by atoms with Gasteiger partial charge in [0.05, 0.1) is 19.6 Å². The van der Waals surface area contributed by atoms with E-state index in [2.05, 4.69) is 24.5 Å². The lowest BCUT2D eigenvalue weighted by molar-refractivity contribution is -0.136. The molecule has 166 valence electrons. The maximum absolute atomic E-state index is 12.9. The molecule has 0 spiro atoms. The van der Waals surface area contributed by atoms with Gasteiger partial charge in [0.15, 0.2) is 0 Å². The molecule has 0 radical (unpaired) electrons. The monoisotopic (exact) mass is 417 g/mol. The summed E-state index contributed by atoms with van der Waals surface area (Å²) in [7, 11) is 1.59. The molecule has 0 aromatic heterocycles. The second-order valence-corrected chi connectivity index (χ2v) is 8.43. The van der Waals surface area contributed by atoms with Crippen LogP contribution in [-0.2, 0) is 14.4 Å². The van der Waals surface area contributed by atoms with Crippen LogP contribution >= 0.6 is 0 Å². The van der Waals surface area contributed by atoms with Crippen molar-refractivity contribution in [3.05, 3.63) is 29.8 Å². The highest BCUT2D eigenvalue weighted by Crippen LogP contribution is 2.24. The van der Waals surface area contributed by atoms with Crippen LogP contribution in [0.15, 0.2) is 24.3 Å². The average molecular weight is 418 g/mol. The number of rotatable bonds is 8. The molecule has 1 aromatic carbocycles. The quantitative estimate of drug-likeness (QED) is 0.681. The van der Waals surface area contributed by atoms with Gasteiger partial charge in [-0.05, 0) is 43.4 Å². The van der Waals surface area contributed by atoms with E-state index < -0.39 is 6.04 Å². The van der Waals surface area contributed by atoms with Gasteiger partial charge >= 0.3 is 0 Å². The molecule has 7 heteroatoms. The van der Waals surface area contributed by atoms with Gasteiger partial charge in [0.25, 0.3) is 0 Å². The van der Waals surface area contributed by atoms with Crippen LogP contribution < -0.4 is 15.4 Å². The number of methoxy groups -OCH3 is 1. The molecule has 7 nitrogen and oxygen atoms in total. The maximum Gasteiger partial charge on any atom is 0.224 e. The normalized spacial score (nSPS) is 16.7. The number of amides is 3. The molecule has 1 aromatic rings. The largest absolute Gasteiger partial charge is 0.497 e. The predicted molar refractivity (Wildman–Crippen MR) is 116 cm³/mol. The van der Waals surface area contributed by atoms with E-state index in [4.69, 9.17) is 4.74 Å². The van der Waals surface area contributed by atoms with Crippen molar-refractivity contribution in [1.29, 1.82) is 0 Å². The third kappa shape index (κ3) is 6.75. The van der Waals surface area contributed by atoms with Gasteiger partial charge < -0.3 is 20.3 Å². The first-order chi connectivity index (χ1) is 14.2. The maximum atomic E-state index is 12.9. The summed E-state index contributed by atoms with van der Waals surface area (Å²) in [4.78, 5) is 38.8. The van der Waals surface area contributed by atoms with Gasteiger partial charge in [-0.1, -0.05) is 26.0 Å². The Morgan fingerprint density at radius 1 is 1.07 bits per heavy atom. The third-order valence-corrected chi connectivity index (χ3v) is 5.86. The summed E-state index contributed by atoms with van der Waals surface area (Å²) in [6.45, 7) is 8.75. The predicted octanol–water partition coefficient (Wildman–Crippen LogP) is 2.66. The van der Waals surface area contributed by atoms with Crippen LogP contribution in [0, 0.1) is 11.8 Å². The van der Waals surface area contributed by atoms with Gasteiger partial charge in [-0.2, -0.15) is 0 Å². The molecule has 1 aliphatic rings. The lowest BCUT2D eigenvalue weighted by atomic mass is 9.94. The standard InChI is InChI=1S/C23H35N3O4/c1-15(2)16(3)24-23(29)19-10-12-26(13-11-19)22(28)14-21(25-17(4)27)18-6-8-20(30-5)9-7-18/h6-9,15-16,19,21H,10-14H2,1-5H3,(H,24,29)(H,25,27). The second-order valence-electron chi connectivity index (χ2n) is 8.43. The van der Waals surface area contributed by atoms with Crippen LogP contribution in [0.25, 0.3) is 0 Å². The summed E-state index contributed by atoms with van der Waals surface area (Å²) in [5.41, 5.74) is 0.858. The van der Waals surface area contributed by atoms with Gasteiger partial charge in [-0.3, -0.25) is 14.4 Å². The molecule has 1 heterocycles. The van der Waals surface area contributed by atoms with Gasteiger partial charge in [-0.25, -0.2) is 0 Å². The summed E-state index contributed by atoms with van der Waals surface area (Å²) in [5, 5.41) is 5.95. The highest BCUT2D eigenvalue weighted by molar-refractivity contribution is 5.81. The minimum Gasteiger partial charge on any atom is -0.497 e. The van der Waals surface area contributed by atoms with Gasteiger partial charge in [0.2, 0.25) is 17.7 Å². The van der Waals surface area contributed by atoms with E-state index in [0.717, 1.165) is 11.3 Å². The van der Waals surface area contributed by atoms with Crippen LogP contribution in [0.1, 0.15) is 58.6 Å². The molecule has 3 amide bonds. The van der Waals surface area contributed by atoms with Crippen molar-refractivity contribution in [3.63, 3.8) is 0 Å². The number of hydrogen-bond acceptors (Lipinski definition) is 4. The highest BCUT2D eigenvalue weighted by Gasteiger charge is 2.29. The first-order valence-corrected chi connectivity index (χ1v) is 10.7. The van der Waals surface area contributed by atoms with Crippen molar-refractivity contribution >= 4 is 17.7 Å².